The van der Waals surface area contributed by atoms with E-state index < -0.39 is 0 Å². The third kappa shape index (κ3) is 3.53. The van der Waals surface area contributed by atoms with Crippen molar-refractivity contribution in [3.8, 4) is 5.75 Å². The number of rotatable bonds is 6. The van der Waals surface area contributed by atoms with Gasteiger partial charge in [-0.3, -0.25) is 14.0 Å². The van der Waals surface area contributed by atoms with E-state index in [1.807, 2.05) is 40.9 Å². The summed E-state index contributed by atoms with van der Waals surface area (Å²) >= 11 is 0. The van der Waals surface area contributed by atoms with Crippen molar-refractivity contribution in [2.75, 3.05) is 25.1 Å². The van der Waals surface area contributed by atoms with Gasteiger partial charge >= 0.3 is 0 Å². The second kappa shape index (κ2) is 7.67. The van der Waals surface area contributed by atoms with Gasteiger partial charge in [0, 0.05) is 37.8 Å². The third-order valence-corrected chi connectivity index (χ3v) is 4.91. The number of ether oxygens (including phenoxy) is 1. The van der Waals surface area contributed by atoms with Crippen LogP contribution in [0.15, 0.2) is 48.7 Å². The maximum Gasteiger partial charge on any atom is 0.227 e. The van der Waals surface area contributed by atoms with Gasteiger partial charge in [0.1, 0.15) is 11.6 Å². The molecule has 0 radical (unpaired) electrons. The molecule has 144 valence electrons. The number of anilines is 1. The van der Waals surface area contributed by atoms with Crippen molar-refractivity contribution in [1.29, 1.82) is 0 Å². The Bertz CT molecular complexity index is 999. The number of hydrogen-bond donors (Lipinski definition) is 1. The largest absolute Gasteiger partial charge is 0.497 e. The van der Waals surface area contributed by atoms with Crippen molar-refractivity contribution in [3.63, 3.8) is 0 Å². The molecule has 1 aromatic carbocycles. The summed E-state index contributed by atoms with van der Waals surface area (Å²) < 4.78 is 7.04. The Morgan fingerprint density at radius 1 is 1.21 bits per heavy atom. The van der Waals surface area contributed by atoms with E-state index in [9.17, 15) is 9.59 Å². The normalized spacial score (nSPS) is 16.5. The quantitative estimate of drug-likeness (QED) is 0.700. The first-order valence-corrected chi connectivity index (χ1v) is 9.16. The van der Waals surface area contributed by atoms with Gasteiger partial charge in [0.15, 0.2) is 5.65 Å². The summed E-state index contributed by atoms with van der Waals surface area (Å²) in [6.45, 7) is 0.826. The first-order valence-electron chi connectivity index (χ1n) is 9.16. The highest BCUT2D eigenvalue weighted by atomic mass is 16.5. The zero-order valence-corrected chi connectivity index (χ0v) is 15.5. The Morgan fingerprint density at radius 2 is 2.04 bits per heavy atom. The van der Waals surface area contributed by atoms with Crippen molar-refractivity contribution < 1.29 is 14.3 Å². The van der Waals surface area contributed by atoms with Gasteiger partial charge in [-0.05, 0) is 36.4 Å². The molecule has 1 aliphatic heterocycles. The van der Waals surface area contributed by atoms with E-state index in [4.69, 9.17) is 4.74 Å². The topological polar surface area (TPSA) is 88.8 Å². The highest BCUT2D eigenvalue weighted by Gasteiger charge is 2.34. The molecule has 2 amide bonds. The minimum Gasteiger partial charge on any atom is -0.497 e. The van der Waals surface area contributed by atoms with Crippen LogP contribution < -0.4 is 15.0 Å². The van der Waals surface area contributed by atoms with E-state index in [0.29, 0.717) is 19.5 Å². The van der Waals surface area contributed by atoms with Gasteiger partial charge < -0.3 is 15.0 Å². The molecule has 1 aliphatic rings. The number of hydrogen-bond acceptors (Lipinski definition) is 5. The number of amides is 2. The van der Waals surface area contributed by atoms with Crippen molar-refractivity contribution in [1.82, 2.24) is 19.9 Å². The number of pyridine rings is 1. The summed E-state index contributed by atoms with van der Waals surface area (Å²) in [7, 11) is 1.60. The maximum absolute atomic E-state index is 12.5. The Morgan fingerprint density at radius 3 is 2.82 bits per heavy atom. The van der Waals surface area contributed by atoms with Gasteiger partial charge in [0.25, 0.3) is 0 Å². The van der Waals surface area contributed by atoms with E-state index in [1.54, 1.807) is 24.1 Å². The Balaban J connectivity index is 1.33. The lowest BCUT2D eigenvalue weighted by molar-refractivity contribution is -0.126. The van der Waals surface area contributed by atoms with Crippen LogP contribution in [-0.4, -0.2) is 46.6 Å². The number of fused-ring (bicyclic) bond motifs is 1. The van der Waals surface area contributed by atoms with E-state index in [2.05, 4.69) is 15.5 Å². The molecule has 1 atom stereocenters. The number of aromatic nitrogens is 3. The summed E-state index contributed by atoms with van der Waals surface area (Å²) in [5, 5.41) is 11.2. The van der Waals surface area contributed by atoms with Gasteiger partial charge in [-0.15, -0.1) is 10.2 Å². The summed E-state index contributed by atoms with van der Waals surface area (Å²) in [5.74, 6) is 1.00. The number of nitrogens with one attached hydrogen (secondary N) is 1. The number of nitrogens with zero attached hydrogens (tertiary/aromatic N) is 4. The molecule has 0 bridgehead atoms. The van der Waals surface area contributed by atoms with Crippen LogP contribution in [0, 0.1) is 5.92 Å². The molecule has 3 heterocycles. The van der Waals surface area contributed by atoms with Crippen LogP contribution in [0.4, 0.5) is 5.69 Å². The van der Waals surface area contributed by atoms with Crippen LogP contribution in [0.2, 0.25) is 0 Å². The van der Waals surface area contributed by atoms with Crippen LogP contribution in [0.1, 0.15) is 12.2 Å². The fraction of sp³-hybridized carbons (Fsp3) is 0.300. The average molecular weight is 379 g/mol. The fourth-order valence-corrected chi connectivity index (χ4v) is 3.40. The molecule has 28 heavy (non-hydrogen) atoms. The average Bonchev–Trinajstić information content (AvgIpc) is 3.32. The van der Waals surface area contributed by atoms with E-state index in [1.165, 1.54) is 0 Å². The molecular weight excluding hydrogens is 358 g/mol. The van der Waals surface area contributed by atoms with Crippen LogP contribution in [0.3, 0.4) is 0 Å². The van der Waals surface area contributed by atoms with Gasteiger partial charge in [-0.1, -0.05) is 6.07 Å². The van der Waals surface area contributed by atoms with Crippen molar-refractivity contribution in [2.24, 2.45) is 5.92 Å². The molecule has 0 aliphatic carbocycles. The van der Waals surface area contributed by atoms with Crippen molar-refractivity contribution >= 4 is 23.1 Å². The summed E-state index contributed by atoms with van der Waals surface area (Å²) in [5.41, 5.74) is 1.55. The lowest BCUT2D eigenvalue weighted by Crippen LogP contribution is -2.34. The predicted octanol–water partition coefficient (Wildman–Crippen LogP) is 1.45. The zero-order valence-electron chi connectivity index (χ0n) is 15.5. The second-order valence-electron chi connectivity index (χ2n) is 6.69. The number of carbonyl (C=O) groups excluding carboxylic acids is 2. The molecular formula is C20H21N5O3. The lowest BCUT2D eigenvalue weighted by atomic mass is 10.1. The zero-order chi connectivity index (χ0) is 19.5. The predicted molar refractivity (Wildman–Crippen MR) is 103 cm³/mol. The van der Waals surface area contributed by atoms with Gasteiger partial charge in [0.2, 0.25) is 11.8 Å². The van der Waals surface area contributed by atoms with Crippen LogP contribution in [0.5, 0.6) is 5.75 Å². The van der Waals surface area contributed by atoms with Gasteiger partial charge in [0.05, 0.1) is 13.0 Å². The minimum absolute atomic E-state index is 0.0474. The molecule has 1 unspecified atom stereocenters. The standard InChI is InChI=1S/C20H21N5O3/c1-28-16-7-5-15(6-8-16)25-13-14(12-19(25)26)20(27)21-10-9-18-23-22-17-4-2-3-11-24(17)18/h2-8,11,14H,9-10,12-13H2,1H3,(H,21,27). The molecule has 2 aromatic heterocycles. The Labute approximate surface area is 162 Å². The van der Waals surface area contributed by atoms with Crippen LogP contribution >= 0.6 is 0 Å². The monoisotopic (exact) mass is 379 g/mol. The molecule has 0 saturated carbocycles. The molecule has 1 N–H and O–H groups in total. The molecule has 1 saturated heterocycles. The molecule has 8 nitrogen and oxygen atoms in total. The lowest BCUT2D eigenvalue weighted by Gasteiger charge is -2.17. The van der Waals surface area contributed by atoms with Gasteiger partial charge in [-0.2, -0.15) is 0 Å². The first kappa shape index (κ1) is 18.0. The summed E-state index contributed by atoms with van der Waals surface area (Å²) in [4.78, 5) is 26.5. The van der Waals surface area contributed by atoms with Gasteiger partial charge in [-0.25, -0.2) is 0 Å². The highest BCUT2D eigenvalue weighted by Crippen LogP contribution is 2.26. The summed E-state index contributed by atoms with van der Waals surface area (Å²) in [6, 6.07) is 13.0. The van der Waals surface area contributed by atoms with E-state index in [-0.39, 0.29) is 24.2 Å². The fourth-order valence-electron chi connectivity index (χ4n) is 3.40. The molecule has 4 rings (SSSR count). The molecule has 1 fully saturated rings. The molecule has 8 heteroatoms. The highest BCUT2D eigenvalue weighted by molar-refractivity contribution is 6.00. The molecule has 3 aromatic rings. The molecule has 0 spiro atoms. The minimum atomic E-state index is -0.357. The van der Waals surface area contributed by atoms with Crippen LogP contribution in [0.25, 0.3) is 5.65 Å². The van der Waals surface area contributed by atoms with Crippen LogP contribution in [-0.2, 0) is 16.0 Å². The number of benzene rings is 1. The Kier molecular flexibility index (Phi) is 4.92. The van der Waals surface area contributed by atoms with Crippen molar-refractivity contribution in [3.05, 3.63) is 54.5 Å². The van der Waals surface area contributed by atoms with E-state index in [0.717, 1.165) is 22.9 Å². The Hall–Kier alpha value is -3.42. The second-order valence-corrected chi connectivity index (χ2v) is 6.69. The number of methoxy groups -OCH3 is 1. The number of carbonyl (C=O) groups is 2. The van der Waals surface area contributed by atoms with Crippen molar-refractivity contribution in [2.45, 2.75) is 12.8 Å². The van der Waals surface area contributed by atoms with E-state index >= 15 is 0 Å². The summed E-state index contributed by atoms with van der Waals surface area (Å²) in [6.07, 6.45) is 2.68. The first-order chi connectivity index (χ1) is 13.7. The third-order valence-electron chi connectivity index (χ3n) is 4.91. The SMILES string of the molecule is COc1ccc(N2CC(C(=O)NCCc3nnc4ccccn34)CC2=O)cc1. The smallest absolute Gasteiger partial charge is 0.227 e. The maximum atomic E-state index is 12.5.